The molecule has 158 valence electrons. The molecule has 1 aromatic heterocycles. The Labute approximate surface area is 170 Å². The molecule has 0 aliphatic carbocycles. The molecule has 0 saturated carbocycles. The minimum absolute atomic E-state index is 0.000330. The average Bonchev–Trinajstić information content (AvgIpc) is 2.99. The van der Waals surface area contributed by atoms with Gasteiger partial charge in [-0.2, -0.15) is 16.8 Å². The van der Waals surface area contributed by atoms with Gasteiger partial charge in [-0.15, -0.1) is 11.3 Å². The van der Waals surface area contributed by atoms with Crippen LogP contribution in [-0.4, -0.2) is 54.4 Å². The molecule has 29 heavy (non-hydrogen) atoms. The zero-order valence-corrected chi connectivity index (χ0v) is 18.0. The van der Waals surface area contributed by atoms with E-state index in [9.17, 15) is 25.9 Å². The second-order valence-electron chi connectivity index (χ2n) is 5.69. The van der Waals surface area contributed by atoms with Gasteiger partial charge in [0.25, 0.3) is 20.2 Å². The van der Waals surface area contributed by atoms with Gasteiger partial charge in [0, 0.05) is 10.8 Å². The van der Waals surface area contributed by atoms with E-state index in [1.165, 1.54) is 40.6 Å². The smallest absolute Gasteiger partial charge is 0.299 e. The van der Waals surface area contributed by atoms with Crippen LogP contribution in [0.2, 0.25) is 0 Å². The maximum Gasteiger partial charge on any atom is 0.299 e. The summed E-state index contributed by atoms with van der Waals surface area (Å²) < 4.78 is 88.6. The van der Waals surface area contributed by atoms with Gasteiger partial charge < -0.3 is 18.9 Å². The molecule has 0 spiro atoms. The predicted molar refractivity (Wildman–Crippen MR) is 105 cm³/mol. The molecule has 0 atom stereocenters. The minimum Gasteiger partial charge on any atom is -0.493 e. The molecule has 3 rings (SSSR count). The lowest BCUT2D eigenvalue weighted by molar-refractivity contribution is 0.346. The summed E-state index contributed by atoms with van der Waals surface area (Å²) in [5.74, 6) is -0.506. The highest BCUT2D eigenvalue weighted by atomic mass is 32.2. The normalized spacial score (nSPS) is 12.3. The molecule has 0 saturated heterocycles. The van der Waals surface area contributed by atoms with E-state index in [0.29, 0.717) is 11.3 Å². The number of hydrogen-bond donors (Lipinski definition) is 2. The summed E-state index contributed by atoms with van der Waals surface area (Å²) in [5, 5.41) is 0.474. The van der Waals surface area contributed by atoms with Crippen LogP contribution in [0.3, 0.4) is 0 Å². The van der Waals surface area contributed by atoms with Crippen LogP contribution in [0.1, 0.15) is 0 Å². The average molecular weight is 464 g/mol. The van der Waals surface area contributed by atoms with Gasteiger partial charge in [-0.1, -0.05) is 0 Å². The van der Waals surface area contributed by atoms with E-state index in [1.807, 2.05) is 0 Å². The van der Waals surface area contributed by atoms with Crippen molar-refractivity contribution >= 4 is 51.7 Å². The maximum absolute atomic E-state index is 12.1. The SMILES string of the molecule is COc1cc2c(sc3c(S(=O)(=O)O)c(OC)c(OC)cc32)c(S(=O)(=O)O)c1OC. The number of methoxy groups -OCH3 is 4. The first-order chi connectivity index (χ1) is 13.5. The Bertz CT molecular complexity index is 1230. The highest BCUT2D eigenvalue weighted by molar-refractivity contribution is 7.87. The fourth-order valence-electron chi connectivity index (χ4n) is 3.06. The Kier molecular flexibility index (Phi) is 5.29. The molecule has 3 aromatic rings. The molecule has 0 radical (unpaired) electrons. The van der Waals surface area contributed by atoms with Crippen molar-refractivity contribution in [2.75, 3.05) is 28.4 Å². The molecule has 0 fully saturated rings. The van der Waals surface area contributed by atoms with Crippen molar-refractivity contribution in [1.82, 2.24) is 0 Å². The first kappa shape index (κ1) is 21.4. The Morgan fingerprint density at radius 1 is 0.690 bits per heavy atom. The van der Waals surface area contributed by atoms with Gasteiger partial charge in [0.2, 0.25) is 0 Å². The molecular weight excluding hydrogens is 448 g/mol. The van der Waals surface area contributed by atoms with Crippen LogP contribution in [-0.2, 0) is 20.2 Å². The van der Waals surface area contributed by atoms with Crippen molar-refractivity contribution in [1.29, 1.82) is 0 Å². The van der Waals surface area contributed by atoms with E-state index in [2.05, 4.69) is 0 Å². The fraction of sp³-hybridized carbons (Fsp3) is 0.250. The van der Waals surface area contributed by atoms with Gasteiger partial charge in [0.05, 0.1) is 37.8 Å². The van der Waals surface area contributed by atoms with E-state index < -0.39 is 30.0 Å². The molecule has 2 N–H and O–H groups in total. The Morgan fingerprint density at radius 3 is 1.28 bits per heavy atom. The molecule has 0 unspecified atom stereocenters. The first-order valence-corrected chi connectivity index (χ1v) is 11.4. The number of benzene rings is 2. The van der Waals surface area contributed by atoms with Crippen molar-refractivity contribution < 1.29 is 44.9 Å². The topological polar surface area (TPSA) is 146 Å². The van der Waals surface area contributed by atoms with Crippen LogP contribution < -0.4 is 18.9 Å². The minimum atomic E-state index is -4.80. The zero-order valence-electron chi connectivity index (χ0n) is 15.5. The number of rotatable bonds is 6. The lowest BCUT2D eigenvalue weighted by Gasteiger charge is -2.13. The van der Waals surface area contributed by atoms with Gasteiger partial charge in [-0.05, 0) is 12.1 Å². The third-order valence-corrected chi connectivity index (χ3v) is 7.50. The zero-order chi connectivity index (χ0) is 21.7. The van der Waals surface area contributed by atoms with Crippen LogP contribution in [0.4, 0.5) is 0 Å². The third kappa shape index (κ3) is 3.34. The summed E-state index contributed by atoms with van der Waals surface area (Å²) in [4.78, 5) is -1.18. The fourth-order valence-corrected chi connectivity index (χ4v) is 6.60. The van der Waals surface area contributed by atoms with Gasteiger partial charge in [-0.3, -0.25) is 9.11 Å². The summed E-state index contributed by atoms with van der Waals surface area (Å²) in [5.41, 5.74) is 0. The summed E-state index contributed by atoms with van der Waals surface area (Å²) >= 11 is 0.717. The van der Waals surface area contributed by atoms with E-state index in [1.54, 1.807) is 0 Å². The molecule has 1 heterocycles. The number of ether oxygens (including phenoxy) is 4. The van der Waals surface area contributed by atoms with Crippen LogP contribution >= 0.6 is 11.3 Å². The largest absolute Gasteiger partial charge is 0.493 e. The summed E-state index contributed by atoms with van der Waals surface area (Å²) in [6.07, 6.45) is 0. The quantitative estimate of drug-likeness (QED) is 0.522. The molecule has 2 aromatic carbocycles. The second-order valence-corrected chi connectivity index (χ2v) is 9.43. The van der Waals surface area contributed by atoms with Crippen LogP contribution in [0.5, 0.6) is 23.0 Å². The Hall–Kier alpha value is -2.32. The molecule has 0 aliphatic rings. The van der Waals surface area contributed by atoms with Crippen LogP contribution in [0, 0.1) is 0 Å². The van der Waals surface area contributed by atoms with E-state index in [-0.39, 0.29) is 43.2 Å². The maximum atomic E-state index is 12.1. The highest BCUT2D eigenvalue weighted by Crippen LogP contribution is 2.51. The molecular formula is C16H16O10S3. The van der Waals surface area contributed by atoms with Crippen molar-refractivity contribution in [3.63, 3.8) is 0 Å². The lowest BCUT2D eigenvalue weighted by atomic mass is 10.1. The third-order valence-electron chi connectivity index (χ3n) is 4.17. The van der Waals surface area contributed by atoms with Gasteiger partial charge >= 0.3 is 0 Å². The molecule has 10 nitrogen and oxygen atoms in total. The molecule has 13 heteroatoms. The number of fused-ring (bicyclic) bond motifs is 3. The van der Waals surface area contributed by atoms with Crippen molar-refractivity contribution in [2.24, 2.45) is 0 Å². The Morgan fingerprint density at radius 2 is 1.03 bits per heavy atom. The predicted octanol–water partition coefficient (Wildman–Crippen LogP) is 2.58. The van der Waals surface area contributed by atoms with E-state index in [4.69, 9.17) is 18.9 Å². The first-order valence-electron chi connectivity index (χ1n) is 7.70. The second kappa shape index (κ2) is 7.18. The van der Waals surface area contributed by atoms with Crippen LogP contribution in [0.15, 0.2) is 21.9 Å². The summed E-state index contributed by atoms with van der Waals surface area (Å²) in [6, 6.07) is 2.86. The number of hydrogen-bond acceptors (Lipinski definition) is 9. The lowest BCUT2D eigenvalue weighted by Crippen LogP contribution is -2.03. The van der Waals surface area contributed by atoms with E-state index >= 15 is 0 Å². The Balaban J connectivity index is 2.72. The monoisotopic (exact) mass is 464 g/mol. The van der Waals surface area contributed by atoms with Gasteiger partial charge in [-0.25, -0.2) is 0 Å². The van der Waals surface area contributed by atoms with Crippen molar-refractivity contribution in [3.8, 4) is 23.0 Å². The highest BCUT2D eigenvalue weighted by Gasteiger charge is 2.31. The van der Waals surface area contributed by atoms with Crippen LogP contribution in [0.25, 0.3) is 20.2 Å². The standard InChI is InChI=1S/C16H16O10S3/c1-23-9-5-7-8-6-10(24-2)12(26-4)16(29(20,21)22)14(8)27-13(7)15(11(9)25-3)28(17,18)19/h5-6H,1-4H3,(H,17,18,19)(H,20,21,22). The number of thiophene rings is 1. The van der Waals surface area contributed by atoms with Crippen molar-refractivity contribution in [2.45, 2.75) is 9.79 Å². The molecule has 0 aliphatic heterocycles. The van der Waals surface area contributed by atoms with Gasteiger partial charge in [0.15, 0.2) is 32.8 Å². The van der Waals surface area contributed by atoms with E-state index in [0.717, 1.165) is 0 Å². The molecule has 0 bridgehead atoms. The summed E-state index contributed by atoms with van der Waals surface area (Å²) in [6.45, 7) is 0. The molecule has 0 amide bonds. The summed E-state index contributed by atoms with van der Waals surface area (Å²) in [7, 11) is -4.66. The van der Waals surface area contributed by atoms with Crippen molar-refractivity contribution in [3.05, 3.63) is 12.1 Å². The van der Waals surface area contributed by atoms with Gasteiger partial charge in [0.1, 0.15) is 0 Å².